The van der Waals surface area contributed by atoms with E-state index < -0.39 is 0 Å². The second-order valence-electron chi connectivity index (χ2n) is 5.81. The van der Waals surface area contributed by atoms with Crippen molar-refractivity contribution in [3.8, 4) is 11.3 Å². The van der Waals surface area contributed by atoms with Crippen LogP contribution in [-0.2, 0) is 11.2 Å². The quantitative estimate of drug-likeness (QED) is 0.745. The second kappa shape index (κ2) is 5.83. The summed E-state index contributed by atoms with van der Waals surface area (Å²) in [6.07, 6.45) is 2.21. The highest BCUT2D eigenvalue weighted by atomic mass is 18.2. The van der Waals surface area contributed by atoms with E-state index >= 15 is 0 Å². The van der Waals surface area contributed by atoms with Gasteiger partial charge in [-0.15, -0.1) is 0 Å². The van der Waals surface area contributed by atoms with Crippen molar-refractivity contribution in [3.05, 3.63) is 59.7 Å². The van der Waals surface area contributed by atoms with Crippen molar-refractivity contribution >= 4 is 11.6 Å². The van der Waals surface area contributed by atoms with E-state index in [0.717, 1.165) is 22.5 Å². The van der Waals surface area contributed by atoms with E-state index in [1.165, 1.54) is 12.1 Å². The molecule has 0 radical (unpaired) electrons. The molecule has 2 heterocycles. The normalized spacial score (nSPS) is 11.0. The maximum Gasteiger partial charge on any atom is 0.228 e. The Balaban J connectivity index is 2.19. The predicted molar refractivity (Wildman–Crippen MR) is 87.7 cm³/mol. The van der Waals surface area contributed by atoms with E-state index in [-0.39, 0.29) is 18.1 Å². The minimum atomic E-state index is -0.292. The summed E-state index contributed by atoms with van der Waals surface area (Å²) in [5.74, 6) is -0.295. The van der Waals surface area contributed by atoms with Gasteiger partial charge in [0.1, 0.15) is 11.5 Å². The van der Waals surface area contributed by atoms with E-state index in [2.05, 4.69) is 4.98 Å². The van der Waals surface area contributed by atoms with Gasteiger partial charge in [-0.05, 0) is 42.8 Å². The number of fused-ring (bicyclic) bond motifs is 1. The average molecular weight is 310 g/mol. The molecule has 3 aromatic rings. The van der Waals surface area contributed by atoms with Crippen LogP contribution in [-0.4, -0.2) is 34.3 Å². The summed E-state index contributed by atoms with van der Waals surface area (Å²) in [4.78, 5) is 18.4. The molecule has 0 N–H and O–H groups in total. The molecule has 0 fully saturated rings. The van der Waals surface area contributed by atoms with Crippen molar-refractivity contribution in [3.63, 3.8) is 0 Å². The van der Waals surface area contributed by atoms with Gasteiger partial charge < -0.3 is 9.30 Å². The maximum absolute atomic E-state index is 13.2. The van der Waals surface area contributed by atoms with Crippen LogP contribution in [0.1, 0.15) is 11.3 Å². The number of rotatable bonds is 3. The first kappa shape index (κ1) is 15.2. The Morgan fingerprint density at radius 2 is 1.87 bits per heavy atom. The molecule has 4 nitrogen and oxygen atoms in total. The number of carbonyl (C=O) groups is 1. The van der Waals surface area contributed by atoms with Gasteiger partial charge in [-0.3, -0.25) is 4.79 Å². The fraction of sp³-hybridized carbons (Fsp3) is 0.222. The first-order valence-corrected chi connectivity index (χ1v) is 7.39. The number of hydrogen-bond acceptors (Lipinski definition) is 2. The van der Waals surface area contributed by atoms with Crippen LogP contribution in [0.15, 0.2) is 42.6 Å². The Morgan fingerprint density at radius 3 is 2.52 bits per heavy atom. The highest BCUT2D eigenvalue weighted by Crippen LogP contribution is 2.26. The third-order valence-corrected chi connectivity index (χ3v) is 3.80. The van der Waals surface area contributed by atoms with Crippen molar-refractivity contribution < 1.29 is 9.18 Å². The lowest BCUT2D eigenvalue weighted by Crippen LogP contribution is -2.24. The SMILES string of the molecule is Cc1ccc2nc(-c3ccc([18F])cc3)c(CC(=O)N(C)C)n2c1. The van der Waals surface area contributed by atoms with Gasteiger partial charge in [0.15, 0.2) is 0 Å². The van der Waals surface area contributed by atoms with Crippen LogP contribution in [0.25, 0.3) is 16.9 Å². The van der Waals surface area contributed by atoms with E-state index in [0.29, 0.717) is 5.69 Å². The Morgan fingerprint density at radius 1 is 1.17 bits per heavy atom. The van der Waals surface area contributed by atoms with Crippen LogP contribution in [0, 0.1) is 12.7 Å². The van der Waals surface area contributed by atoms with Gasteiger partial charge in [-0.25, -0.2) is 9.37 Å². The molecule has 0 aliphatic rings. The largest absolute Gasteiger partial charge is 0.348 e. The Hall–Kier alpha value is -2.69. The van der Waals surface area contributed by atoms with Crippen molar-refractivity contribution in [2.24, 2.45) is 0 Å². The standard InChI is InChI=1S/C18H18FN3O/c1-12-4-9-16-20-18(13-5-7-14(19)8-6-13)15(22(16)11-12)10-17(23)21(2)3/h4-9,11H,10H2,1-3H3/i19-1. The van der Waals surface area contributed by atoms with Gasteiger partial charge >= 0.3 is 0 Å². The number of benzene rings is 1. The number of carbonyl (C=O) groups excluding carboxylic acids is 1. The molecular weight excluding hydrogens is 292 g/mol. The molecule has 0 bridgehead atoms. The number of likely N-dealkylation sites (N-methyl/N-ethyl adjacent to an activating group) is 1. The molecule has 1 amide bonds. The lowest BCUT2D eigenvalue weighted by Gasteiger charge is -2.11. The van der Waals surface area contributed by atoms with Gasteiger partial charge in [0, 0.05) is 25.9 Å². The van der Waals surface area contributed by atoms with Crippen LogP contribution in [0.2, 0.25) is 0 Å². The zero-order chi connectivity index (χ0) is 16.6. The Labute approximate surface area is 134 Å². The number of pyridine rings is 1. The van der Waals surface area contributed by atoms with E-state index in [1.54, 1.807) is 31.1 Å². The summed E-state index contributed by atoms with van der Waals surface area (Å²) in [6, 6.07) is 10.1. The number of aromatic nitrogens is 2. The summed E-state index contributed by atoms with van der Waals surface area (Å²) in [5, 5.41) is 0. The molecular formula is C18H18FN3O. The lowest BCUT2D eigenvalue weighted by molar-refractivity contribution is -0.128. The molecule has 5 heteroatoms. The first-order chi connectivity index (χ1) is 11.0. The fourth-order valence-electron chi connectivity index (χ4n) is 2.51. The first-order valence-electron chi connectivity index (χ1n) is 7.39. The molecule has 0 aliphatic heterocycles. The molecule has 2 aromatic heterocycles. The molecule has 0 saturated heterocycles. The fourth-order valence-corrected chi connectivity index (χ4v) is 2.51. The minimum Gasteiger partial charge on any atom is -0.348 e. The molecule has 0 atom stereocenters. The highest BCUT2D eigenvalue weighted by Gasteiger charge is 2.18. The third kappa shape index (κ3) is 2.95. The molecule has 118 valence electrons. The second-order valence-corrected chi connectivity index (χ2v) is 5.81. The van der Waals surface area contributed by atoms with E-state index in [4.69, 9.17) is 0 Å². The van der Waals surface area contributed by atoms with E-state index in [1.807, 2.05) is 29.7 Å². The third-order valence-electron chi connectivity index (χ3n) is 3.80. The Kier molecular flexibility index (Phi) is 3.86. The van der Waals surface area contributed by atoms with Gasteiger partial charge in [0.25, 0.3) is 0 Å². The average Bonchev–Trinajstić information content (AvgIpc) is 2.86. The molecule has 0 aliphatic carbocycles. The molecule has 0 spiro atoms. The zero-order valence-electron chi connectivity index (χ0n) is 13.4. The van der Waals surface area contributed by atoms with Crippen LogP contribution in [0.3, 0.4) is 0 Å². The van der Waals surface area contributed by atoms with Crippen LogP contribution < -0.4 is 0 Å². The number of nitrogens with zero attached hydrogens (tertiary/aromatic N) is 3. The number of halogens is 1. The summed E-state index contributed by atoms with van der Waals surface area (Å²) in [5.41, 5.74) is 4.18. The minimum absolute atomic E-state index is 0.00309. The van der Waals surface area contributed by atoms with Gasteiger partial charge in [-0.1, -0.05) is 6.07 Å². The number of hydrogen-bond donors (Lipinski definition) is 0. The smallest absolute Gasteiger partial charge is 0.228 e. The van der Waals surface area contributed by atoms with Crippen LogP contribution >= 0.6 is 0 Å². The number of imidazole rings is 1. The predicted octanol–water partition coefficient (Wildman–Crippen LogP) is 3.08. The summed E-state index contributed by atoms with van der Waals surface area (Å²) >= 11 is 0. The molecule has 0 unspecified atom stereocenters. The van der Waals surface area contributed by atoms with Gasteiger partial charge in [-0.2, -0.15) is 0 Å². The molecule has 23 heavy (non-hydrogen) atoms. The zero-order valence-corrected chi connectivity index (χ0v) is 13.4. The van der Waals surface area contributed by atoms with Crippen molar-refractivity contribution in [2.75, 3.05) is 14.1 Å². The van der Waals surface area contributed by atoms with Crippen molar-refractivity contribution in [2.45, 2.75) is 13.3 Å². The molecule has 3 rings (SSSR count). The number of aryl methyl sites for hydroxylation is 1. The summed E-state index contributed by atoms with van der Waals surface area (Å²) < 4.78 is 15.1. The van der Waals surface area contributed by atoms with Crippen molar-refractivity contribution in [1.29, 1.82) is 0 Å². The van der Waals surface area contributed by atoms with Crippen molar-refractivity contribution in [1.82, 2.24) is 14.3 Å². The highest BCUT2D eigenvalue weighted by molar-refractivity contribution is 5.81. The summed E-state index contributed by atoms with van der Waals surface area (Å²) in [7, 11) is 3.46. The molecule has 1 aromatic carbocycles. The van der Waals surface area contributed by atoms with Gasteiger partial charge in [0.05, 0.1) is 17.8 Å². The maximum atomic E-state index is 13.2. The topological polar surface area (TPSA) is 37.6 Å². The van der Waals surface area contributed by atoms with Gasteiger partial charge in [0.2, 0.25) is 5.91 Å². The van der Waals surface area contributed by atoms with Crippen LogP contribution in [0.5, 0.6) is 0 Å². The van der Waals surface area contributed by atoms with Crippen LogP contribution in [0.4, 0.5) is 4.39 Å². The summed E-state index contributed by atoms with van der Waals surface area (Å²) in [6.45, 7) is 1.99. The number of amides is 1. The lowest BCUT2D eigenvalue weighted by atomic mass is 10.1. The Bertz CT molecular complexity index is 866. The van der Waals surface area contributed by atoms with E-state index in [9.17, 15) is 9.18 Å². The molecule has 0 saturated carbocycles. The monoisotopic (exact) mass is 310 g/mol.